The average molecular weight is 312 g/mol. The minimum atomic E-state index is -0.715. The van der Waals surface area contributed by atoms with E-state index in [2.05, 4.69) is 24.3 Å². The first-order chi connectivity index (χ1) is 10.7. The molecule has 3 rings (SSSR count). The van der Waals surface area contributed by atoms with Crippen molar-refractivity contribution in [3.8, 4) is 0 Å². The molecular weight excluding hydrogens is 297 g/mol. The van der Waals surface area contributed by atoms with Gasteiger partial charge in [-0.05, 0) is 30.2 Å². The summed E-state index contributed by atoms with van der Waals surface area (Å²) in [6, 6.07) is 24.0. The van der Waals surface area contributed by atoms with E-state index in [4.69, 9.17) is 0 Å². The summed E-state index contributed by atoms with van der Waals surface area (Å²) in [7, 11) is -0.715. The van der Waals surface area contributed by atoms with Crippen LogP contribution < -0.4 is 10.6 Å². The van der Waals surface area contributed by atoms with Crippen molar-refractivity contribution in [2.75, 3.05) is 0 Å². The number of hydrogen-bond acceptors (Lipinski definition) is 0. The molecule has 0 fully saturated rings. The maximum atomic E-state index is 14.0. The van der Waals surface area contributed by atoms with E-state index in [1.54, 1.807) is 6.07 Å². The Bertz CT molecular complexity index is 702. The molecule has 0 atom stereocenters. The van der Waals surface area contributed by atoms with Crippen LogP contribution in [0.5, 0.6) is 0 Å². The second-order valence-corrected chi connectivity index (χ2v) is 7.20. The van der Waals surface area contributed by atoms with Crippen molar-refractivity contribution < 1.29 is 8.78 Å². The van der Waals surface area contributed by atoms with Crippen LogP contribution in [0.4, 0.5) is 8.78 Å². The van der Waals surface area contributed by atoms with Crippen molar-refractivity contribution in [1.82, 2.24) is 0 Å². The minimum absolute atomic E-state index is 0.473. The van der Waals surface area contributed by atoms with Crippen LogP contribution in [0, 0.1) is 11.6 Å². The maximum Gasteiger partial charge on any atom is 0.129 e. The van der Waals surface area contributed by atoms with Gasteiger partial charge in [0.05, 0.1) is 0 Å². The summed E-state index contributed by atoms with van der Waals surface area (Å²) >= 11 is 0. The van der Waals surface area contributed by atoms with Gasteiger partial charge in [0.15, 0.2) is 0 Å². The SMILES string of the molecule is Fc1ccc(CP(c2ccccc2)c2ccccc2)c(F)c1. The highest BCUT2D eigenvalue weighted by Gasteiger charge is 2.16. The van der Waals surface area contributed by atoms with Crippen molar-refractivity contribution in [2.24, 2.45) is 0 Å². The summed E-state index contributed by atoms with van der Waals surface area (Å²) in [4.78, 5) is 0. The first kappa shape index (κ1) is 14.9. The van der Waals surface area contributed by atoms with Gasteiger partial charge in [0.25, 0.3) is 0 Å². The van der Waals surface area contributed by atoms with E-state index in [-0.39, 0.29) is 0 Å². The Morgan fingerprint density at radius 1 is 0.682 bits per heavy atom. The summed E-state index contributed by atoms with van der Waals surface area (Å²) in [5.74, 6) is -1.01. The molecule has 0 radical (unpaired) electrons. The minimum Gasteiger partial charge on any atom is -0.207 e. The molecule has 3 aromatic rings. The molecule has 0 amide bonds. The molecule has 0 heterocycles. The van der Waals surface area contributed by atoms with Gasteiger partial charge in [0.2, 0.25) is 0 Å². The zero-order chi connectivity index (χ0) is 15.4. The zero-order valence-corrected chi connectivity index (χ0v) is 12.8. The van der Waals surface area contributed by atoms with Crippen LogP contribution in [-0.4, -0.2) is 0 Å². The zero-order valence-electron chi connectivity index (χ0n) is 11.9. The van der Waals surface area contributed by atoms with Crippen molar-refractivity contribution >= 4 is 18.5 Å². The monoisotopic (exact) mass is 312 g/mol. The first-order valence-corrected chi connectivity index (χ1v) is 8.58. The molecule has 0 spiro atoms. The molecule has 3 aromatic carbocycles. The molecule has 0 saturated heterocycles. The molecule has 0 bridgehead atoms. The molecule has 0 aliphatic heterocycles. The number of hydrogen-bond donors (Lipinski definition) is 0. The predicted octanol–water partition coefficient (Wildman–Crippen LogP) is 4.60. The fourth-order valence-electron chi connectivity index (χ4n) is 2.37. The summed E-state index contributed by atoms with van der Waals surface area (Å²) < 4.78 is 27.1. The molecule has 0 unspecified atom stereocenters. The largest absolute Gasteiger partial charge is 0.207 e. The molecule has 0 aromatic heterocycles. The highest BCUT2D eigenvalue weighted by Crippen LogP contribution is 2.38. The van der Waals surface area contributed by atoms with Gasteiger partial charge >= 0.3 is 0 Å². The first-order valence-electron chi connectivity index (χ1n) is 7.05. The van der Waals surface area contributed by atoms with Gasteiger partial charge in [0.1, 0.15) is 11.6 Å². The lowest BCUT2D eigenvalue weighted by molar-refractivity contribution is 0.576. The molecule has 22 heavy (non-hydrogen) atoms. The second-order valence-electron chi connectivity index (χ2n) is 4.99. The van der Waals surface area contributed by atoms with Crippen molar-refractivity contribution in [2.45, 2.75) is 6.16 Å². The van der Waals surface area contributed by atoms with Gasteiger partial charge in [-0.2, -0.15) is 0 Å². The summed E-state index contributed by atoms with van der Waals surface area (Å²) in [6.45, 7) is 0. The number of benzene rings is 3. The topological polar surface area (TPSA) is 0 Å². The molecule has 0 aliphatic rings. The number of halogens is 2. The van der Waals surface area contributed by atoms with E-state index in [9.17, 15) is 8.78 Å². The maximum absolute atomic E-state index is 14.0. The van der Waals surface area contributed by atoms with E-state index >= 15 is 0 Å². The third kappa shape index (κ3) is 3.40. The van der Waals surface area contributed by atoms with Crippen LogP contribution in [0.2, 0.25) is 0 Å². The van der Waals surface area contributed by atoms with Crippen LogP contribution in [-0.2, 0) is 6.16 Å². The van der Waals surface area contributed by atoms with Crippen LogP contribution in [0.3, 0.4) is 0 Å². The van der Waals surface area contributed by atoms with Crippen LogP contribution in [0.1, 0.15) is 5.56 Å². The van der Waals surface area contributed by atoms with E-state index < -0.39 is 19.6 Å². The van der Waals surface area contributed by atoms with Crippen molar-refractivity contribution in [1.29, 1.82) is 0 Å². The van der Waals surface area contributed by atoms with Gasteiger partial charge in [-0.1, -0.05) is 66.7 Å². The lowest BCUT2D eigenvalue weighted by atomic mass is 10.2. The highest BCUT2D eigenvalue weighted by molar-refractivity contribution is 7.72. The Labute approximate surface area is 130 Å². The van der Waals surface area contributed by atoms with Crippen molar-refractivity contribution in [3.05, 3.63) is 96.1 Å². The Hall–Kier alpha value is -2.05. The Kier molecular flexibility index (Phi) is 4.60. The molecular formula is C19H15F2P. The Morgan fingerprint density at radius 2 is 1.23 bits per heavy atom. The van der Waals surface area contributed by atoms with Gasteiger partial charge in [-0.15, -0.1) is 0 Å². The quantitative estimate of drug-likeness (QED) is 0.618. The van der Waals surface area contributed by atoms with Gasteiger partial charge in [0, 0.05) is 12.2 Å². The van der Waals surface area contributed by atoms with Gasteiger partial charge in [-0.25, -0.2) is 8.78 Å². The lowest BCUT2D eigenvalue weighted by Crippen LogP contribution is -2.13. The third-order valence-electron chi connectivity index (χ3n) is 3.48. The fourth-order valence-corrected chi connectivity index (χ4v) is 4.69. The fraction of sp³-hybridized carbons (Fsp3) is 0.0526. The van der Waals surface area contributed by atoms with E-state index in [0.717, 1.165) is 6.07 Å². The molecule has 0 nitrogen and oxygen atoms in total. The summed E-state index contributed by atoms with van der Waals surface area (Å²) in [5.41, 5.74) is 0.556. The van der Waals surface area contributed by atoms with E-state index in [1.165, 1.54) is 16.7 Å². The lowest BCUT2D eigenvalue weighted by Gasteiger charge is -2.19. The Balaban J connectivity index is 1.99. The summed E-state index contributed by atoms with van der Waals surface area (Å²) in [5, 5.41) is 2.37. The number of rotatable bonds is 4. The van der Waals surface area contributed by atoms with Gasteiger partial charge in [-0.3, -0.25) is 0 Å². The highest BCUT2D eigenvalue weighted by atomic mass is 31.1. The van der Waals surface area contributed by atoms with Crippen LogP contribution in [0.25, 0.3) is 0 Å². The molecule has 0 aliphatic carbocycles. The van der Waals surface area contributed by atoms with Crippen LogP contribution >= 0.6 is 7.92 Å². The smallest absolute Gasteiger partial charge is 0.129 e. The Morgan fingerprint density at radius 3 is 1.73 bits per heavy atom. The molecule has 0 N–H and O–H groups in total. The predicted molar refractivity (Wildman–Crippen MR) is 89.1 cm³/mol. The van der Waals surface area contributed by atoms with E-state index in [0.29, 0.717) is 11.7 Å². The van der Waals surface area contributed by atoms with E-state index in [1.807, 2.05) is 36.4 Å². The summed E-state index contributed by atoms with van der Waals surface area (Å²) in [6.07, 6.45) is 0.565. The van der Waals surface area contributed by atoms with Crippen molar-refractivity contribution in [3.63, 3.8) is 0 Å². The molecule has 0 saturated carbocycles. The van der Waals surface area contributed by atoms with Crippen LogP contribution in [0.15, 0.2) is 78.9 Å². The second kappa shape index (κ2) is 6.81. The standard InChI is InChI=1S/C19H15F2P/c20-16-12-11-15(19(21)13-16)14-22(17-7-3-1-4-8-17)18-9-5-2-6-10-18/h1-13H,14H2. The average Bonchev–Trinajstić information content (AvgIpc) is 2.56. The molecule has 110 valence electrons. The molecule has 3 heteroatoms. The van der Waals surface area contributed by atoms with Gasteiger partial charge < -0.3 is 0 Å². The third-order valence-corrected chi connectivity index (χ3v) is 5.98. The normalized spacial score (nSPS) is 10.9.